The van der Waals surface area contributed by atoms with Gasteiger partial charge in [0.05, 0.1) is 13.7 Å². The maximum Gasteiger partial charge on any atom is 0.260 e. The van der Waals surface area contributed by atoms with Crippen molar-refractivity contribution < 1.29 is 9.47 Å². The van der Waals surface area contributed by atoms with Gasteiger partial charge < -0.3 is 20.6 Å². The molecule has 0 saturated heterocycles. The van der Waals surface area contributed by atoms with Gasteiger partial charge in [0.15, 0.2) is 11.5 Å². The summed E-state index contributed by atoms with van der Waals surface area (Å²) in [6, 6.07) is 13.9. The molecule has 2 aromatic carbocycles. The van der Waals surface area contributed by atoms with Crippen molar-refractivity contribution in [3.63, 3.8) is 0 Å². The summed E-state index contributed by atoms with van der Waals surface area (Å²) in [5.74, 6) is 1.55. The van der Waals surface area contributed by atoms with E-state index in [1.165, 1.54) is 10.4 Å². The van der Waals surface area contributed by atoms with Gasteiger partial charge in [0.25, 0.3) is 5.95 Å². The Balaban J connectivity index is 1.67. The van der Waals surface area contributed by atoms with E-state index < -0.39 is 0 Å². The van der Waals surface area contributed by atoms with E-state index in [9.17, 15) is 0 Å². The van der Waals surface area contributed by atoms with E-state index in [0.29, 0.717) is 24.7 Å². The molecule has 1 heterocycles. The zero-order valence-corrected chi connectivity index (χ0v) is 14.1. The minimum absolute atomic E-state index is 0.199. The van der Waals surface area contributed by atoms with E-state index in [2.05, 4.69) is 40.0 Å². The molecule has 0 unspecified atom stereocenters. The highest BCUT2D eigenvalue weighted by molar-refractivity contribution is 5.43. The fourth-order valence-corrected chi connectivity index (χ4v) is 2.34. The fraction of sp³-hybridized carbons (Fsp3) is 0.235. The Morgan fingerprint density at radius 3 is 2.72 bits per heavy atom. The molecular weight excluding hydrogens is 320 g/mol. The minimum atomic E-state index is 0.199. The number of anilines is 1. The Bertz CT molecular complexity index is 849. The molecule has 0 saturated carbocycles. The zero-order chi connectivity index (χ0) is 17.6. The first-order chi connectivity index (χ1) is 12.2. The van der Waals surface area contributed by atoms with Crippen LogP contribution in [0.4, 0.5) is 5.95 Å². The maximum absolute atomic E-state index is 5.92. The summed E-state index contributed by atoms with van der Waals surface area (Å²) in [4.78, 5) is 1.31. The molecule has 8 nitrogen and oxygen atoms in total. The molecule has 0 spiro atoms. The third kappa shape index (κ3) is 3.97. The number of nitrogens with two attached hydrogens (primary N) is 1. The van der Waals surface area contributed by atoms with E-state index in [0.717, 1.165) is 11.1 Å². The van der Waals surface area contributed by atoms with Crippen LogP contribution in [0.3, 0.4) is 0 Å². The van der Waals surface area contributed by atoms with Gasteiger partial charge in [-0.05, 0) is 46.2 Å². The standard InChI is InChI=1S/C17H20N6O2/c1-12-5-3-4-6-14(12)11-25-15-8-7-13(9-16(15)24-2)10-19-23-17(18)20-21-22-23/h3-9,19H,10-11H2,1-2H3,(H2,18,20,22). The zero-order valence-electron chi connectivity index (χ0n) is 14.1. The van der Waals surface area contributed by atoms with Crippen LogP contribution in [0.1, 0.15) is 16.7 Å². The van der Waals surface area contributed by atoms with Crippen LogP contribution in [0.5, 0.6) is 11.5 Å². The number of aromatic nitrogens is 4. The number of nitrogen functional groups attached to an aromatic ring is 1. The molecule has 0 amide bonds. The van der Waals surface area contributed by atoms with Crippen LogP contribution in [-0.2, 0) is 13.2 Å². The first kappa shape index (κ1) is 16.6. The Kier molecular flexibility index (Phi) is 4.98. The molecule has 0 aliphatic rings. The van der Waals surface area contributed by atoms with Crippen LogP contribution < -0.4 is 20.6 Å². The average Bonchev–Trinajstić information content (AvgIpc) is 3.04. The van der Waals surface area contributed by atoms with E-state index in [-0.39, 0.29) is 5.95 Å². The maximum atomic E-state index is 5.92. The van der Waals surface area contributed by atoms with E-state index in [1.807, 2.05) is 30.3 Å². The van der Waals surface area contributed by atoms with Crippen molar-refractivity contribution >= 4 is 5.95 Å². The first-order valence-electron chi connectivity index (χ1n) is 7.79. The van der Waals surface area contributed by atoms with Crippen molar-refractivity contribution in [1.82, 2.24) is 20.3 Å². The highest BCUT2D eigenvalue weighted by Gasteiger charge is 2.08. The van der Waals surface area contributed by atoms with E-state index in [1.54, 1.807) is 7.11 Å². The predicted octanol–water partition coefficient (Wildman–Crippen LogP) is 1.90. The molecule has 25 heavy (non-hydrogen) atoms. The number of benzene rings is 2. The molecule has 3 N–H and O–H groups in total. The molecule has 0 atom stereocenters. The summed E-state index contributed by atoms with van der Waals surface area (Å²) in [7, 11) is 1.62. The highest BCUT2D eigenvalue weighted by Crippen LogP contribution is 2.29. The number of tetrazole rings is 1. The summed E-state index contributed by atoms with van der Waals surface area (Å²) < 4.78 is 11.4. The number of methoxy groups -OCH3 is 1. The second kappa shape index (κ2) is 7.52. The molecule has 0 bridgehead atoms. The van der Waals surface area contributed by atoms with Gasteiger partial charge in [-0.3, -0.25) is 0 Å². The Labute approximate surface area is 145 Å². The number of hydrogen-bond acceptors (Lipinski definition) is 7. The van der Waals surface area contributed by atoms with Crippen molar-refractivity contribution in [3.8, 4) is 11.5 Å². The summed E-state index contributed by atoms with van der Waals surface area (Å²) >= 11 is 0. The number of nitrogens with one attached hydrogen (secondary N) is 1. The van der Waals surface area contributed by atoms with Crippen LogP contribution in [-0.4, -0.2) is 27.4 Å². The second-order valence-corrected chi connectivity index (χ2v) is 5.48. The average molecular weight is 340 g/mol. The van der Waals surface area contributed by atoms with Crippen molar-refractivity contribution in [3.05, 3.63) is 59.2 Å². The Morgan fingerprint density at radius 1 is 1.16 bits per heavy atom. The third-order valence-corrected chi connectivity index (χ3v) is 3.80. The molecular formula is C17H20N6O2. The normalized spacial score (nSPS) is 10.5. The van der Waals surface area contributed by atoms with Gasteiger partial charge >= 0.3 is 0 Å². The van der Waals surface area contributed by atoms with Crippen molar-refractivity contribution in [1.29, 1.82) is 0 Å². The smallest absolute Gasteiger partial charge is 0.260 e. The molecule has 0 aliphatic carbocycles. The quantitative estimate of drug-likeness (QED) is 0.677. The van der Waals surface area contributed by atoms with Crippen LogP contribution in [0, 0.1) is 6.92 Å². The summed E-state index contributed by atoms with van der Waals surface area (Å²) in [5.41, 5.74) is 11.9. The number of aryl methyl sites for hydroxylation is 1. The lowest BCUT2D eigenvalue weighted by molar-refractivity contribution is 0.283. The molecule has 1 aromatic heterocycles. The van der Waals surface area contributed by atoms with E-state index in [4.69, 9.17) is 15.2 Å². The lowest BCUT2D eigenvalue weighted by Gasteiger charge is -2.14. The predicted molar refractivity (Wildman–Crippen MR) is 93.8 cm³/mol. The fourth-order valence-electron chi connectivity index (χ4n) is 2.34. The number of rotatable bonds is 7. The van der Waals surface area contributed by atoms with Gasteiger partial charge in [-0.25, -0.2) is 0 Å². The molecule has 130 valence electrons. The summed E-state index contributed by atoms with van der Waals surface area (Å²) in [6.45, 7) is 3.04. The Morgan fingerprint density at radius 2 is 2.00 bits per heavy atom. The number of hydrogen-bond donors (Lipinski definition) is 2. The monoisotopic (exact) mass is 340 g/mol. The molecule has 8 heteroatoms. The SMILES string of the molecule is COc1cc(CNn2nnnc2N)ccc1OCc1ccccc1C. The molecule has 0 aliphatic heterocycles. The highest BCUT2D eigenvalue weighted by atomic mass is 16.5. The third-order valence-electron chi connectivity index (χ3n) is 3.80. The van der Waals surface area contributed by atoms with Crippen molar-refractivity contribution in [2.75, 3.05) is 18.3 Å². The molecule has 0 radical (unpaired) electrons. The lowest BCUT2D eigenvalue weighted by Crippen LogP contribution is -2.18. The second-order valence-electron chi connectivity index (χ2n) is 5.48. The van der Waals surface area contributed by atoms with Crippen LogP contribution in [0.2, 0.25) is 0 Å². The minimum Gasteiger partial charge on any atom is -0.493 e. The Hall–Kier alpha value is -3.29. The van der Waals surface area contributed by atoms with Crippen molar-refractivity contribution in [2.24, 2.45) is 0 Å². The van der Waals surface area contributed by atoms with Gasteiger partial charge in [-0.1, -0.05) is 35.4 Å². The molecule has 3 rings (SSSR count). The van der Waals surface area contributed by atoms with Gasteiger partial charge in [0.1, 0.15) is 6.61 Å². The molecule has 3 aromatic rings. The lowest BCUT2D eigenvalue weighted by atomic mass is 10.1. The van der Waals surface area contributed by atoms with Gasteiger partial charge in [-0.15, -0.1) is 4.79 Å². The first-order valence-corrected chi connectivity index (χ1v) is 7.79. The van der Waals surface area contributed by atoms with Crippen molar-refractivity contribution in [2.45, 2.75) is 20.1 Å². The van der Waals surface area contributed by atoms with Gasteiger partial charge in [0, 0.05) is 0 Å². The van der Waals surface area contributed by atoms with Crippen LogP contribution in [0.15, 0.2) is 42.5 Å². The van der Waals surface area contributed by atoms with Gasteiger partial charge in [-0.2, -0.15) is 0 Å². The van der Waals surface area contributed by atoms with E-state index >= 15 is 0 Å². The number of nitrogens with zero attached hydrogens (tertiary/aromatic N) is 4. The summed E-state index contributed by atoms with van der Waals surface area (Å²) in [5, 5.41) is 10.8. The van der Waals surface area contributed by atoms with Gasteiger partial charge in [0.2, 0.25) is 0 Å². The van der Waals surface area contributed by atoms with Crippen LogP contribution >= 0.6 is 0 Å². The number of ether oxygens (including phenoxy) is 2. The topological polar surface area (TPSA) is 100 Å². The largest absolute Gasteiger partial charge is 0.493 e. The van der Waals surface area contributed by atoms with Crippen LogP contribution in [0.25, 0.3) is 0 Å². The molecule has 0 fully saturated rings. The summed E-state index contributed by atoms with van der Waals surface area (Å²) in [6.07, 6.45) is 0.